The van der Waals surface area contributed by atoms with Crippen molar-refractivity contribution < 1.29 is 8.42 Å². The molecule has 0 aliphatic rings. The molecule has 8 heteroatoms. The monoisotopic (exact) mass is 349 g/mol. The first-order valence-corrected chi connectivity index (χ1v) is 8.38. The fourth-order valence-corrected chi connectivity index (χ4v) is 3.94. The second-order valence-corrected chi connectivity index (χ2v) is 7.80. The third kappa shape index (κ3) is 5.40. The molecule has 0 amide bonds. The summed E-state index contributed by atoms with van der Waals surface area (Å²) in [7, 11) is 1.64. The second-order valence-electron chi connectivity index (χ2n) is 2.53. The van der Waals surface area contributed by atoms with Gasteiger partial charge in [0.2, 0.25) is 9.05 Å². The van der Waals surface area contributed by atoms with Crippen LogP contribution in [0.15, 0.2) is 21.8 Å². The normalized spacial score (nSPS) is 11.7. The lowest BCUT2D eigenvalue weighted by Crippen LogP contribution is -2.00. The molecule has 1 heterocycles. The minimum Gasteiger partial charge on any atom is -0.247 e. The molecule has 0 unspecified atom stereocenters. The molecule has 1 rings (SSSR count). The molecule has 1 aromatic rings. The number of rotatable bonds is 4. The van der Waals surface area contributed by atoms with Crippen molar-refractivity contribution in [3.63, 3.8) is 0 Å². The third-order valence-electron chi connectivity index (χ3n) is 1.34. The Kier molecular flexibility index (Phi) is 5.18. The highest BCUT2D eigenvalue weighted by Crippen LogP contribution is 2.27. The maximum absolute atomic E-state index is 10.7. The summed E-state index contributed by atoms with van der Waals surface area (Å²) in [6.07, 6.45) is 1.50. The summed E-state index contributed by atoms with van der Waals surface area (Å²) in [4.78, 5) is 4.04. The van der Waals surface area contributed by atoms with Crippen LogP contribution in [0.25, 0.3) is 0 Å². The van der Waals surface area contributed by atoms with Crippen molar-refractivity contribution in [2.45, 2.75) is 5.03 Å². The molecule has 0 saturated carbocycles. The van der Waals surface area contributed by atoms with Gasteiger partial charge in [0, 0.05) is 22.6 Å². The van der Waals surface area contributed by atoms with Gasteiger partial charge in [-0.3, -0.25) is 0 Å². The van der Waals surface area contributed by atoms with Crippen molar-refractivity contribution in [3.05, 3.63) is 21.8 Å². The number of hydrogen-bond acceptors (Lipinski definition) is 4. The predicted molar refractivity (Wildman–Crippen MR) is 67.3 cm³/mol. The molecule has 1 aromatic heterocycles. The summed E-state index contributed by atoms with van der Waals surface area (Å²) < 4.78 is 22.1. The number of pyridine rings is 1. The molecule has 3 nitrogen and oxygen atoms in total. The molecule has 0 aromatic carbocycles. The molecule has 0 aliphatic carbocycles. The lowest BCUT2D eigenvalue weighted by Gasteiger charge is -2.02. The van der Waals surface area contributed by atoms with Crippen molar-refractivity contribution in [2.24, 2.45) is 0 Å². The van der Waals surface area contributed by atoms with Gasteiger partial charge in [0.05, 0.1) is 15.2 Å². The molecular formula is C7H6BrCl2NO2S2. The maximum Gasteiger partial charge on any atom is 0.233 e. The van der Waals surface area contributed by atoms with Gasteiger partial charge in [0.15, 0.2) is 0 Å². The Morgan fingerprint density at radius 1 is 1.53 bits per heavy atom. The van der Waals surface area contributed by atoms with Gasteiger partial charge in [-0.05, 0) is 22.0 Å². The van der Waals surface area contributed by atoms with Crippen LogP contribution in [0.4, 0.5) is 0 Å². The zero-order chi connectivity index (χ0) is 11.5. The first kappa shape index (κ1) is 13.6. The van der Waals surface area contributed by atoms with Crippen LogP contribution in [0.5, 0.6) is 0 Å². The van der Waals surface area contributed by atoms with Crippen LogP contribution in [0.3, 0.4) is 0 Å². The zero-order valence-electron chi connectivity index (χ0n) is 7.28. The van der Waals surface area contributed by atoms with E-state index in [-0.39, 0.29) is 5.75 Å². The van der Waals surface area contributed by atoms with Crippen molar-refractivity contribution in [1.82, 2.24) is 4.98 Å². The zero-order valence-corrected chi connectivity index (χ0v) is 12.0. The summed E-state index contributed by atoms with van der Waals surface area (Å²) in [6.45, 7) is 0. The Morgan fingerprint density at radius 3 is 2.73 bits per heavy atom. The molecule has 0 saturated heterocycles. The molecule has 0 spiro atoms. The van der Waals surface area contributed by atoms with E-state index in [1.165, 1.54) is 18.0 Å². The highest BCUT2D eigenvalue weighted by atomic mass is 79.9. The summed E-state index contributed by atoms with van der Waals surface area (Å²) in [5.74, 6) is 0.273. The number of hydrogen-bond donors (Lipinski definition) is 0. The van der Waals surface area contributed by atoms with E-state index in [1.54, 1.807) is 6.07 Å². The maximum atomic E-state index is 10.7. The van der Waals surface area contributed by atoms with Crippen LogP contribution >= 0.6 is 50.0 Å². The molecule has 0 radical (unpaired) electrons. The molecule has 0 bridgehead atoms. The lowest BCUT2D eigenvalue weighted by molar-refractivity contribution is 0.611. The van der Waals surface area contributed by atoms with Crippen LogP contribution < -0.4 is 0 Å². The van der Waals surface area contributed by atoms with Crippen LogP contribution in [0.2, 0.25) is 5.02 Å². The highest BCUT2D eigenvalue weighted by molar-refractivity contribution is 9.10. The Morgan fingerprint density at radius 2 is 2.20 bits per heavy atom. The minimum absolute atomic E-state index is 0.0873. The van der Waals surface area contributed by atoms with E-state index in [2.05, 4.69) is 20.9 Å². The minimum atomic E-state index is -3.43. The smallest absolute Gasteiger partial charge is 0.233 e. The summed E-state index contributed by atoms with van der Waals surface area (Å²) >= 11 is 10.3. The van der Waals surface area contributed by atoms with Crippen molar-refractivity contribution in [3.8, 4) is 0 Å². The van der Waals surface area contributed by atoms with E-state index in [4.69, 9.17) is 22.3 Å². The fraction of sp³-hybridized carbons (Fsp3) is 0.286. The first-order chi connectivity index (χ1) is 6.88. The Labute approximate surface area is 110 Å². The van der Waals surface area contributed by atoms with Gasteiger partial charge in [-0.15, -0.1) is 11.8 Å². The largest absolute Gasteiger partial charge is 0.247 e. The lowest BCUT2D eigenvalue weighted by atomic mass is 10.5. The van der Waals surface area contributed by atoms with Crippen molar-refractivity contribution >= 4 is 59.0 Å². The van der Waals surface area contributed by atoms with Gasteiger partial charge in [-0.2, -0.15) is 0 Å². The molecule has 84 valence electrons. The number of thioether (sulfide) groups is 1. The fourth-order valence-electron chi connectivity index (χ4n) is 0.746. The third-order valence-corrected chi connectivity index (χ3v) is 4.83. The van der Waals surface area contributed by atoms with Crippen LogP contribution in [-0.2, 0) is 9.05 Å². The number of aromatic nitrogens is 1. The molecule has 0 atom stereocenters. The van der Waals surface area contributed by atoms with Crippen molar-refractivity contribution in [2.75, 3.05) is 11.5 Å². The molecular weight excluding hydrogens is 345 g/mol. The Bertz CT molecular complexity index is 452. The summed E-state index contributed by atoms with van der Waals surface area (Å²) in [5.41, 5.74) is 0. The van der Waals surface area contributed by atoms with Gasteiger partial charge in [0.25, 0.3) is 0 Å². The molecule has 0 fully saturated rings. The first-order valence-electron chi connectivity index (χ1n) is 3.74. The Hall–Kier alpha value is 0.510. The van der Waals surface area contributed by atoms with Gasteiger partial charge in [-0.25, -0.2) is 13.4 Å². The average Bonchev–Trinajstić information content (AvgIpc) is 2.07. The summed E-state index contributed by atoms with van der Waals surface area (Å²) in [6, 6.07) is 1.70. The van der Waals surface area contributed by atoms with E-state index in [9.17, 15) is 8.42 Å². The quantitative estimate of drug-likeness (QED) is 0.618. The van der Waals surface area contributed by atoms with Crippen molar-refractivity contribution in [1.29, 1.82) is 0 Å². The molecule has 0 N–H and O–H groups in total. The van der Waals surface area contributed by atoms with Gasteiger partial charge in [-0.1, -0.05) is 11.6 Å². The molecule has 15 heavy (non-hydrogen) atoms. The number of nitrogens with zero attached hydrogens (tertiary/aromatic N) is 1. The average molecular weight is 351 g/mol. The van der Waals surface area contributed by atoms with E-state index in [0.717, 1.165) is 4.47 Å². The van der Waals surface area contributed by atoms with Gasteiger partial charge < -0.3 is 0 Å². The number of halogens is 3. The van der Waals surface area contributed by atoms with Gasteiger partial charge >= 0.3 is 0 Å². The van der Waals surface area contributed by atoms with Crippen LogP contribution in [0, 0.1) is 0 Å². The van der Waals surface area contributed by atoms with Gasteiger partial charge in [0.1, 0.15) is 5.03 Å². The topological polar surface area (TPSA) is 47.0 Å². The van der Waals surface area contributed by atoms with E-state index in [0.29, 0.717) is 15.8 Å². The van der Waals surface area contributed by atoms with E-state index in [1.807, 2.05) is 0 Å². The molecule has 0 aliphatic heterocycles. The van der Waals surface area contributed by atoms with Crippen LogP contribution in [-0.4, -0.2) is 24.9 Å². The standard InChI is InChI=1S/C7H6BrCl2NO2S2/c8-6-3-5(9)4-11-7(6)14-1-2-15(10,12)13/h3-4H,1-2H2. The Balaban J connectivity index is 2.59. The summed E-state index contributed by atoms with van der Waals surface area (Å²) in [5, 5.41) is 1.22. The van der Waals surface area contributed by atoms with Crippen LogP contribution in [0.1, 0.15) is 0 Å². The SMILES string of the molecule is O=S(=O)(Cl)CCSc1ncc(Cl)cc1Br. The van der Waals surface area contributed by atoms with E-state index < -0.39 is 9.05 Å². The second kappa shape index (κ2) is 5.72. The predicted octanol–water partition coefficient (Wildman–Crippen LogP) is 3.16. The highest BCUT2D eigenvalue weighted by Gasteiger charge is 2.08. The van der Waals surface area contributed by atoms with E-state index >= 15 is 0 Å².